The number of aromatic nitrogens is 3. The first-order valence-electron chi connectivity index (χ1n) is 8.62. The van der Waals surface area contributed by atoms with Gasteiger partial charge in [0.2, 0.25) is 0 Å². The Labute approximate surface area is 142 Å². The summed E-state index contributed by atoms with van der Waals surface area (Å²) >= 11 is 0. The summed E-state index contributed by atoms with van der Waals surface area (Å²) < 4.78 is 9.86. The fourth-order valence-electron chi connectivity index (χ4n) is 3.39. The van der Waals surface area contributed by atoms with Crippen molar-refractivity contribution in [3.63, 3.8) is 0 Å². The van der Waals surface area contributed by atoms with E-state index in [9.17, 15) is 4.79 Å². The first kappa shape index (κ1) is 15.4. The average Bonchev–Trinajstić information content (AvgIpc) is 3.19. The highest BCUT2D eigenvalue weighted by molar-refractivity contribution is 5.93. The Kier molecular flexibility index (Phi) is 3.92. The number of aryl methyl sites for hydroxylation is 2. The van der Waals surface area contributed by atoms with Crippen molar-refractivity contribution < 1.29 is 9.53 Å². The van der Waals surface area contributed by atoms with Crippen molar-refractivity contribution in [3.05, 3.63) is 41.7 Å². The first-order valence-corrected chi connectivity index (χ1v) is 8.62. The molecule has 1 fully saturated rings. The summed E-state index contributed by atoms with van der Waals surface area (Å²) in [5.41, 5.74) is 2.92. The SMILES string of the molecule is Cn1cccc1C(=O)N1Cc2ncn(C)c2C[C@H]1COCC1CC1. The summed E-state index contributed by atoms with van der Waals surface area (Å²) in [6.07, 6.45) is 7.10. The lowest BCUT2D eigenvalue weighted by Crippen LogP contribution is -2.47. The third-order valence-electron chi connectivity index (χ3n) is 5.12. The number of amides is 1. The van der Waals surface area contributed by atoms with Gasteiger partial charge < -0.3 is 18.8 Å². The number of hydrogen-bond acceptors (Lipinski definition) is 3. The molecule has 1 amide bonds. The number of carbonyl (C=O) groups is 1. The van der Waals surface area contributed by atoms with Gasteiger partial charge in [0.1, 0.15) is 5.69 Å². The molecule has 3 heterocycles. The molecule has 2 aromatic rings. The minimum Gasteiger partial charge on any atom is -0.379 e. The number of imidazole rings is 1. The van der Waals surface area contributed by atoms with Crippen LogP contribution in [0.25, 0.3) is 0 Å². The number of nitrogens with zero attached hydrogens (tertiary/aromatic N) is 4. The number of fused-ring (bicyclic) bond motifs is 1. The largest absolute Gasteiger partial charge is 0.379 e. The van der Waals surface area contributed by atoms with Crippen molar-refractivity contribution in [3.8, 4) is 0 Å². The molecule has 128 valence electrons. The van der Waals surface area contributed by atoms with E-state index in [2.05, 4.69) is 9.55 Å². The van der Waals surface area contributed by atoms with Crippen LogP contribution in [0.2, 0.25) is 0 Å². The molecule has 0 spiro atoms. The van der Waals surface area contributed by atoms with Gasteiger partial charge in [0.15, 0.2) is 0 Å². The Morgan fingerprint density at radius 1 is 1.29 bits per heavy atom. The Bertz CT molecular complexity index is 744. The second-order valence-corrected chi connectivity index (χ2v) is 7.03. The van der Waals surface area contributed by atoms with E-state index in [4.69, 9.17) is 4.74 Å². The Balaban J connectivity index is 1.55. The van der Waals surface area contributed by atoms with Crippen LogP contribution in [-0.4, -0.2) is 44.2 Å². The maximum absolute atomic E-state index is 13.0. The Hall–Kier alpha value is -2.08. The van der Waals surface area contributed by atoms with Gasteiger partial charge in [-0.15, -0.1) is 0 Å². The van der Waals surface area contributed by atoms with Crippen LogP contribution in [0.1, 0.15) is 34.7 Å². The highest BCUT2D eigenvalue weighted by Crippen LogP contribution is 2.29. The molecule has 1 aliphatic carbocycles. The fraction of sp³-hybridized carbons (Fsp3) is 0.556. The van der Waals surface area contributed by atoms with Gasteiger partial charge in [0.25, 0.3) is 5.91 Å². The van der Waals surface area contributed by atoms with E-state index in [1.807, 2.05) is 48.2 Å². The van der Waals surface area contributed by atoms with Crippen LogP contribution in [0.4, 0.5) is 0 Å². The van der Waals surface area contributed by atoms with Crippen molar-refractivity contribution >= 4 is 5.91 Å². The van der Waals surface area contributed by atoms with Crippen molar-refractivity contribution in [2.75, 3.05) is 13.2 Å². The predicted octanol–water partition coefficient (Wildman–Crippen LogP) is 1.75. The molecule has 6 heteroatoms. The number of rotatable bonds is 5. The summed E-state index contributed by atoms with van der Waals surface area (Å²) in [6.45, 7) is 1.97. The number of carbonyl (C=O) groups excluding carboxylic acids is 1. The van der Waals surface area contributed by atoms with E-state index >= 15 is 0 Å². The molecule has 0 unspecified atom stereocenters. The normalized spacial score (nSPS) is 20.2. The summed E-state index contributed by atoms with van der Waals surface area (Å²) in [4.78, 5) is 19.4. The lowest BCUT2D eigenvalue weighted by atomic mass is 10.0. The van der Waals surface area contributed by atoms with E-state index in [0.717, 1.165) is 24.6 Å². The van der Waals surface area contributed by atoms with Crippen molar-refractivity contribution in [2.45, 2.75) is 31.8 Å². The van der Waals surface area contributed by atoms with E-state index in [0.29, 0.717) is 18.8 Å². The second-order valence-electron chi connectivity index (χ2n) is 7.03. The molecule has 2 aromatic heterocycles. The standard InChI is InChI=1S/C18H24N4O2/c1-20-7-3-4-16(20)18(23)22-9-15-17(21(2)12-19-15)8-14(22)11-24-10-13-5-6-13/h3-4,7,12-14H,5-6,8-11H2,1-2H3/t14-/m0/s1. The van der Waals surface area contributed by atoms with Gasteiger partial charge >= 0.3 is 0 Å². The average molecular weight is 328 g/mol. The molecular formula is C18H24N4O2. The van der Waals surface area contributed by atoms with E-state index in [1.165, 1.54) is 18.5 Å². The maximum atomic E-state index is 13.0. The van der Waals surface area contributed by atoms with Crippen LogP contribution in [0, 0.1) is 5.92 Å². The summed E-state index contributed by atoms with van der Waals surface area (Å²) in [5.74, 6) is 0.789. The van der Waals surface area contributed by atoms with Gasteiger partial charge in [-0.05, 0) is 30.9 Å². The van der Waals surface area contributed by atoms with Crippen molar-refractivity contribution in [1.82, 2.24) is 19.0 Å². The minimum atomic E-state index is 0.0545. The smallest absolute Gasteiger partial charge is 0.271 e. The van der Waals surface area contributed by atoms with Crippen LogP contribution in [-0.2, 0) is 31.8 Å². The lowest BCUT2D eigenvalue weighted by Gasteiger charge is -2.35. The Morgan fingerprint density at radius 3 is 2.83 bits per heavy atom. The fourth-order valence-corrected chi connectivity index (χ4v) is 3.39. The molecule has 4 rings (SSSR count). The maximum Gasteiger partial charge on any atom is 0.271 e. The van der Waals surface area contributed by atoms with Gasteiger partial charge in [-0.1, -0.05) is 0 Å². The summed E-state index contributed by atoms with van der Waals surface area (Å²) in [6, 6.07) is 3.84. The molecule has 1 atom stereocenters. The highest BCUT2D eigenvalue weighted by Gasteiger charge is 2.34. The van der Waals surface area contributed by atoms with Crippen molar-refractivity contribution in [2.24, 2.45) is 20.0 Å². The van der Waals surface area contributed by atoms with E-state index in [-0.39, 0.29) is 11.9 Å². The number of hydrogen-bond donors (Lipinski definition) is 0. The minimum absolute atomic E-state index is 0.0545. The van der Waals surface area contributed by atoms with Gasteiger partial charge in [-0.25, -0.2) is 4.98 Å². The van der Waals surface area contributed by atoms with Gasteiger partial charge in [0.05, 0.1) is 31.2 Å². The predicted molar refractivity (Wildman–Crippen MR) is 89.5 cm³/mol. The monoisotopic (exact) mass is 328 g/mol. The van der Waals surface area contributed by atoms with Crippen molar-refractivity contribution in [1.29, 1.82) is 0 Å². The molecule has 2 aliphatic rings. The Morgan fingerprint density at radius 2 is 2.12 bits per heavy atom. The molecule has 0 N–H and O–H groups in total. The molecule has 0 bridgehead atoms. The topological polar surface area (TPSA) is 52.3 Å². The third-order valence-corrected chi connectivity index (χ3v) is 5.12. The number of ether oxygens (including phenoxy) is 1. The first-order chi connectivity index (χ1) is 11.6. The molecule has 24 heavy (non-hydrogen) atoms. The van der Waals surface area contributed by atoms with Gasteiger partial charge in [-0.3, -0.25) is 4.79 Å². The zero-order valence-corrected chi connectivity index (χ0v) is 14.3. The quantitative estimate of drug-likeness (QED) is 0.840. The summed E-state index contributed by atoms with van der Waals surface area (Å²) in [7, 11) is 3.92. The van der Waals surface area contributed by atoms with Crippen LogP contribution in [0.15, 0.2) is 24.7 Å². The van der Waals surface area contributed by atoms with Crippen LogP contribution in [0.5, 0.6) is 0 Å². The molecule has 0 aromatic carbocycles. The van der Waals surface area contributed by atoms with Gasteiger partial charge in [0, 0.05) is 39.0 Å². The van der Waals surface area contributed by atoms with Crippen LogP contribution >= 0.6 is 0 Å². The molecule has 1 aliphatic heterocycles. The molecule has 6 nitrogen and oxygen atoms in total. The summed E-state index contributed by atoms with van der Waals surface area (Å²) in [5, 5.41) is 0. The van der Waals surface area contributed by atoms with E-state index in [1.54, 1.807) is 0 Å². The second kappa shape index (κ2) is 6.09. The zero-order chi connectivity index (χ0) is 16.7. The lowest BCUT2D eigenvalue weighted by molar-refractivity contribution is 0.0329. The molecule has 0 saturated heterocycles. The van der Waals surface area contributed by atoms with Crippen LogP contribution in [0.3, 0.4) is 0 Å². The molecule has 1 saturated carbocycles. The molecular weight excluding hydrogens is 304 g/mol. The third kappa shape index (κ3) is 2.86. The highest BCUT2D eigenvalue weighted by atomic mass is 16.5. The zero-order valence-electron chi connectivity index (χ0n) is 14.3. The van der Waals surface area contributed by atoms with Gasteiger partial charge in [-0.2, -0.15) is 0 Å². The van der Waals surface area contributed by atoms with E-state index < -0.39 is 0 Å². The van der Waals surface area contributed by atoms with Crippen LogP contribution < -0.4 is 0 Å². The molecule has 0 radical (unpaired) electrons.